The molecule has 1 rings (SSSR count). The molecular formula is C11H23N. The Balaban J connectivity index is 2.05. The molecule has 0 spiro atoms. The average Bonchev–Trinajstić information content (AvgIpc) is 1.97. The van der Waals surface area contributed by atoms with E-state index in [0.717, 1.165) is 11.8 Å². The second-order valence-electron chi connectivity index (χ2n) is 4.54. The van der Waals surface area contributed by atoms with E-state index in [0.29, 0.717) is 6.04 Å². The van der Waals surface area contributed by atoms with E-state index >= 15 is 0 Å². The van der Waals surface area contributed by atoms with Crippen LogP contribution in [0.2, 0.25) is 0 Å². The van der Waals surface area contributed by atoms with Crippen molar-refractivity contribution >= 4 is 0 Å². The van der Waals surface area contributed by atoms with Crippen LogP contribution in [0.3, 0.4) is 0 Å². The molecule has 0 amide bonds. The lowest BCUT2D eigenvalue weighted by Crippen LogP contribution is -2.28. The van der Waals surface area contributed by atoms with E-state index in [1.54, 1.807) is 0 Å². The zero-order valence-electron chi connectivity index (χ0n) is 8.55. The summed E-state index contributed by atoms with van der Waals surface area (Å²) in [5.74, 6) is 1.80. The molecule has 72 valence electrons. The van der Waals surface area contributed by atoms with Crippen LogP contribution in [0.1, 0.15) is 52.4 Å². The van der Waals surface area contributed by atoms with E-state index < -0.39 is 0 Å². The Bertz CT molecular complexity index is 111. The molecule has 0 aromatic rings. The van der Waals surface area contributed by atoms with Gasteiger partial charge in [0, 0.05) is 6.04 Å². The van der Waals surface area contributed by atoms with Gasteiger partial charge < -0.3 is 5.73 Å². The fourth-order valence-electron chi connectivity index (χ4n) is 1.94. The van der Waals surface area contributed by atoms with Crippen LogP contribution in [0.4, 0.5) is 0 Å². The normalized spacial score (nSPS) is 23.2. The molecule has 0 aromatic carbocycles. The summed E-state index contributed by atoms with van der Waals surface area (Å²) in [7, 11) is 0. The highest BCUT2D eigenvalue weighted by Gasteiger charge is 2.20. The Morgan fingerprint density at radius 2 is 2.08 bits per heavy atom. The van der Waals surface area contributed by atoms with E-state index in [1.807, 2.05) is 0 Å². The minimum absolute atomic E-state index is 0.477. The third kappa shape index (κ3) is 3.14. The summed E-state index contributed by atoms with van der Waals surface area (Å²) in [5.41, 5.74) is 6.06. The molecule has 12 heavy (non-hydrogen) atoms. The maximum Gasteiger partial charge on any atom is 0.00440 e. The van der Waals surface area contributed by atoms with Crippen LogP contribution in [0, 0.1) is 11.8 Å². The van der Waals surface area contributed by atoms with Gasteiger partial charge in [-0.1, -0.05) is 39.5 Å². The van der Waals surface area contributed by atoms with Crippen molar-refractivity contribution in [3.8, 4) is 0 Å². The lowest BCUT2D eigenvalue weighted by atomic mass is 9.79. The number of nitrogens with two attached hydrogens (primary N) is 1. The first-order valence-corrected chi connectivity index (χ1v) is 5.48. The first kappa shape index (κ1) is 10.0. The summed E-state index contributed by atoms with van der Waals surface area (Å²) < 4.78 is 0. The Labute approximate surface area is 76.7 Å². The Hall–Kier alpha value is -0.0400. The Morgan fingerprint density at radius 1 is 1.42 bits per heavy atom. The standard InChI is InChI=1S/C11H23N/c1-3-9(2)7-11(12)8-10-5-4-6-10/h9-11H,3-8,12H2,1-2H3. The molecule has 1 aliphatic carbocycles. The number of hydrogen-bond acceptors (Lipinski definition) is 1. The van der Waals surface area contributed by atoms with Crippen molar-refractivity contribution in [1.29, 1.82) is 0 Å². The van der Waals surface area contributed by atoms with Gasteiger partial charge in [0.2, 0.25) is 0 Å². The van der Waals surface area contributed by atoms with Crippen molar-refractivity contribution in [2.45, 2.75) is 58.4 Å². The summed E-state index contributed by atoms with van der Waals surface area (Å²) in [6.07, 6.45) is 8.11. The predicted octanol–water partition coefficient (Wildman–Crippen LogP) is 2.94. The first-order valence-electron chi connectivity index (χ1n) is 5.48. The highest BCUT2D eigenvalue weighted by atomic mass is 14.6. The molecule has 0 heterocycles. The van der Waals surface area contributed by atoms with Crippen LogP contribution in [0.25, 0.3) is 0 Å². The van der Waals surface area contributed by atoms with Crippen LogP contribution < -0.4 is 5.73 Å². The molecule has 1 fully saturated rings. The van der Waals surface area contributed by atoms with Crippen molar-refractivity contribution < 1.29 is 0 Å². The van der Waals surface area contributed by atoms with Crippen LogP contribution in [-0.2, 0) is 0 Å². The van der Waals surface area contributed by atoms with Gasteiger partial charge in [0.15, 0.2) is 0 Å². The van der Waals surface area contributed by atoms with Crippen molar-refractivity contribution in [2.75, 3.05) is 0 Å². The van der Waals surface area contributed by atoms with Gasteiger partial charge >= 0.3 is 0 Å². The van der Waals surface area contributed by atoms with Crippen LogP contribution >= 0.6 is 0 Å². The summed E-state index contributed by atoms with van der Waals surface area (Å²) >= 11 is 0. The fourth-order valence-corrected chi connectivity index (χ4v) is 1.94. The van der Waals surface area contributed by atoms with Gasteiger partial charge in [-0.15, -0.1) is 0 Å². The predicted molar refractivity (Wildman–Crippen MR) is 54.0 cm³/mol. The topological polar surface area (TPSA) is 26.0 Å². The average molecular weight is 169 g/mol. The van der Waals surface area contributed by atoms with Gasteiger partial charge in [0.25, 0.3) is 0 Å². The second kappa shape index (κ2) is 4.86. The Morgan fingerprint density at radius 3 is 2.50 bits per heavy atom. The lowest BCUT2D eigenvalue weighted by molar-refractivity contribution is 0.261. The van der Waals surface area contributed by atoms with E-state index in [4.69, 9.17) is 5.73 Å². The maximum atomic E-state index is 6.06. The monoisotopic (exact) mass is 169 g/mol. The molecule has 2 atom stereocenters. The van der Waals surface area contributed by atoms with E-state index in [1.165, 1.54) is 38.5 Å². The molecular weight excluding hydrogens is 146 g/mol. The van der Waals surface area contributed by atoms with E-state index in [9.17, 15) is 0 Å². The zero-order chi connectivity index (χ0) is 8.97. The van der Waals surface area contributed by atoms with Crippen LogP contribution in [-0.4, -0.2) is 6.04 Å². The molecule has 1 saturated carbocycles. The third-order valence-corrected chi connectivity index (χ3v) is 3.26. The maximum absolute atomic E-state index is 6.06. The molecule has 2 N–H and O–H groups in total. The largest absolute Gasteiger partial charge is 0.328 e. The lowest BCUT2D eigenvalue weighted by Gasteiger charge is -2.28. The van der Waals surface area contributed by atoms with Gasteiger partial charge in [-0.05, 0) is 24.7 Å². The highest BCUT2D eigenvalue weighted by Crippen LogP contribution is 2.31. The fraction of sp³-hybridized carbons (Fsp3) is 1.00. The summed E-state index contributed by atoms with van der Waals surface area (Å²) in [4.78, 5) is 0. The van der Waals surface area contributed by atoms with Gasteiger partial charge in [-0.3, -0.25) is 0 Å². The van der Waals surface area contributed by atoms with E-state index in [-0.39, 0.29) is 0 Å². The molecule has 1 heteroatoms. The summed E-state index contributed by atoms with van der Waals surface area (Å²) in [5, 5.41) is 0. The molecule has 0 bridgehead atoms. The quantitative estimate of drug-likeness (QED) is 0.673. The van der Waals surface area contributed by atoms with Crippen molar-refractivity contribution in [3.05, 3.63) is 0 Å². The molecule has 0 aromatic heterocycles. The van der Waals surface area contributed by atoms with Crippen molar-refractivity contribution in [3.63, 3.8) is 0 Å². The van der Waals surface area contributed by atoms with Crippen molar-refractivity contribution in [1.82, 2.24) is 0 Å². The minimum Gasteiger partial charge on any atom is -0.328 e. The van der Waals surface area contributed by atoms with Gasteiger partial charge in [0.1, 0.15) is 0 Å². The number of hydrogen-bond donors (Lipinski definition) is 1. The van der Waals surface area contributed by atoms with Crippen molar-refractivity contribution in [2.24, 2.45) is 17.6 Å². The molecule has 1 nitrogen and oxygen atoms in total. The second-order valence-corrected chi connectivity index (χ2v) is 4.54. The zero-order valence-corrected chi connectivity index (χ0v) is 8.55. The van der Waals surface area contributed by atoms with Gasteiger partial charge in [0.05, 0.1) is 0 Å². The molecule has 2 unspecified atom stereocenters. The van der Waals surface area contributed by atoms with Crippen LogP contribution in [0.5, 0.6) is 0 Å². The summed E-state index contributed by atoms with van der Waals surface area (Å²) in [6, 6.07) is 0.477. The third-order valence-electron chi connectivity index (χ3n) is 3.26. The Kier molecular flexibility index (Phi) is 4.07. The number of rotatable bonds is 5. The molecule has 0 aliphatic heterocycles. The van der Waals surface area contributed by atoms with Gasteiger partial charge in [-0.2, -0.15) is 0 Å². The van der Waals surface area contributed by atoms with E-state index in [2.05, 4.69) is 13.8 Å². The minimum atomic E-state index is 0.477. The molecule has 0 saturated heterocycles. The summed E-state index contributed by atoms with van der Waals surface area (Å²) in [6.45, 7) is 4.56. The highest BCUT2D eigenvalue weighted by molar-refractivity contribution is 4.76. The smallest absolute Gasteiger partial charge is 0.00440 e. The molecule has 1 aliphatic rings. The first-order chi connectivity index (χ1) is 5.72. The molecule has 0 radical (unpaired) electrons. The van der Waals surface area contributed by atoms with Gasteiger partial charge in [-0.25, -0.2) is 0 Å². The SMILES string of the molecule is CCC(C)CC(N)CC1CCC1. The van der Waals surface area contributed by atoms with Crippen LogP contribution in [0.15, 0.2) is 0 Å².